The molecule has 11 heteroatoms. The van der Waals surface area contributed by atoms with Crippen molar-refractivity contribution in [2.24, 2.45) is 0 Å². The quantitative estimate of drug-likeness (QED) is 0.446. The third-order valence-electron chi connectivity index (χ3n) is 5.47. The highest BCUT2D eigenvalue weighted by Gasteiger charge is 2.32. The summed E-state index contributed by atoms with van der Waals surface area (Å²) < 4.78 is 39.6. The van der Waals surface area contributed by atoms with Crippen LogP contribution >= 0.6 is 23.2 Å². The molecule has 192 valence electrons. The number of carbonyl (C=O) groups is 2. The largest absolute Gasteiger partial charge is 0.352 e. The average Bonchev–Trinajstić information content (AvgIpc) is 2.76. The van der Waals surface area contributed by atoms with Crippen LogP contribution < -0.4 is 9.62 Å². The van der Waals surface area contributed by atoms with Crippen molar-refractivity contribution in [1.82, 2.24) is 10.2 Å². The second kappa shape index (κ2) is 12.6. The van der Waals surface area contributed by atoms with Crippen molar-refractivity contribution in [3.8, 4) is 0 Å². The predicted molar refractivity (Wildman–Crippen MR) is 138 cm³/mol. The fourth-order valence-corrected chi connectivity index (χ4v) is 4.79. The first-order chi connectivity index (χ1) is 16.3. The van der Waals surface area contributed by atoms with Gasteiger partial charge in [-0.2, -0.15) is 0 Å². The summed E-state index contributed by atoms with van der Waals surface area (Å²) in [5, 5.41) is 3.29. The Morgan fingerprint density at radius 3 is 2.09 bits per heavy atom. The first kappa shape index (κ1) is 28.9. The Morgan fingerprint density at radius 2 is 1.60 bits per heavy atom. The number of sulfonamides is 1. The molecule has 0 heterocycles. The van der Waals surface area contributed by atoms with E-state index in [2.05, 4.69) is 5.32 Å². The zero-order chi connectivity index (χ0) is 26.3. The monoisotopic (exact) mass is 545 g/mol. The van der Waals surface area contributed by atoms with E-state index < -0.39 is 34.3 Å². The fraction of sp³-hybridized carbons (Fsp3) is 0.417. The van der Waals surface area contributed by atoms with Gasteiger partial charge in [0.15, 0.2) is 0 Å². The summed E-state index contributed by atoms with van der Waals surface area (Å²) in [6, 6.07) is 8.79. The predicted octanol–water partition coefficient (Wildman–Crippen LogP) is 4.62. The zero-order valence-corrected chi connectivity index (χ0v) is 22.4. The highest BCUT2D eigenvalue weighted by molar-refractivity contribution is 7.92. The Hall–Kier alpha value is -2.36. The maximum atomic E-state index is 13.6. The van der Waals surface area contributed by atoms with Crippen LogP contribution in [0.5, 0.6) is 0 Å². The highest BCUT2D eigenvalue weighted by Crippen LogP contribution is 2.27. The van der Waals surface area contributed by atoms with Crippen molar-refractivity contribution in [2.75, 3.05) is 17.1 Å². The van der Waals surface area contributed by atoms with Crippen LogP contribution in [0.25, 0.3) is 0 Å². The Balaban J connectivity index is 2.46. The second-order valence-electron chi connectivity index (χ2n) is 8.29. The van der Waals surface area contributed by atoms with Gasteiger partial charge in [0.25, 0.3) is 0 Å². The van der Waals surface area contributed by atoms with Gasteiger partial charge in [0.2, 0.25) is 21.8 Å². The number of hydrogen-bond donors (Lipinski definition) is 1. The number of anilines is 1. The minimum atomic E-state index is -3.92. The minimum absolute atomic E-state index is 0.0144. The third kappa shape index (κ3) is 8.37. The van der Waals surface area contributed by atoms with Crippen LogP contribution in [0.2, 0.25) is 10.0 Å². The molecule has 0 aliphatic heterocycles. The van der Waals surface area contributed by atoms with Gasteiger partial charge in [-0.25, -0.2) is 12.8 Å². The van der Waals surface area contributed by atoms with Crippen molar-refractivity contribution in [1.29, 1.82) is 0 Å². The number of amides is 2. The molecule has 2 aromatic carbocycles. The Morgan fingerprint density at radius 1 is 1.03 bits per heavy atom. The van der Waals surface area contributed by atoms with E-state index in [0.717, 1.165) is 10.6 Å². The van der Waals surface area contributed by atoms with Gasteiger partial charge in [0.1, 0.15) is 18.4 Å². The topological polar surface area (TPSA) is 86.8 Å². The third-order valence-corrected chi connectivity index (χ3v) is 7.04. The fourth-order valence-electron chi connectivity index (χ4n) is 3.44. The van der Waals surface area contributed by atoms with Crippen molar-refractivity contribution in [3.05, 3.63) is 63.9 Å². The summed E-state index contributed by atoms with van der Waals surface area (Å²) in [4.78, 5) is 27.9. The van der Waals surface area contributed by atoms with Crippen LogP contribution in [0.15, 0.2) is 42.5 Å². The summed E-state index contributed by atoms with van der Waals surface area (Å²) >= 11 is 12.1. The summed E-state index contributed by atoms with van der Waals surface area (Å²) in [6.45, 7) is 4.94. The first-order valence-corrected chi connectivity index (χ1v) is 13.7. The normalized spacial score (nSPS) is 13.1. The second-order valence-corrected chi connectivity index (χ2v) is 11.1. The zero-order valence-electron chi connectivity index (χ0n) is 20.1. The van der Waals surface area contributed by atoms with E-state index in [0.29, 0.717) is 12.0 Å². The molecule has 0 saturated carbocycles. The lowest BCUT2D eigenvalue weighted by atomic mass is 10.1. The Bertz CT molecular complexity index is 1130. The van der Waals surface area contributed by atoms with Gasteiger partial charge in [-0.15, -0.1) is 0 Å². The van der Waals surface area contributed by atoms with E-state index in [1.807, 2.05) is 13.8 Å². The molecule has 0 radical (unpaired) electrons. The molecule has 0 aliphatic rings. The van der Waals surface area contributed by atoms with E-state index in [4.69, 9.17) is 23.2 Å². The van der Waals surface area contributed by atoms with Crippen LogP contribution in [0.4, 0.5) is 10.1 Å². The Labute approximate surface area is 216 Å². The minimum Gasteiger partial charge on any atom is -0.352 e. The van der Waals surface area contributed by atoms with Crippen LogP contribution in [0.1, 0.15) is 39.2 Å². The number of benzene rings is 2. The van der Waals surface area contributed by atoms with E-state index in [1.54, 1.807) is 6.92 Å². The number of nitrogens with zero attached hydrogens (tertiary/aromatic N) is 2. The number of carbonyl (C=O) groups excluding carboxylic acids is 2. The highest BCUT2D eigenvalue weighted by atomic mass is 35.5. The van der Waals surface area contributed by atoms with E-state index >= 15 is 0 Å². The van der Waals surface area contributed by atoms with Crippen LogP contribution in [-0.4, -0.2) is 50.0 Å². The van der Waals surface area contributed by atoms with E-state index in [9.17, 15) is 22.4 Å². The number of rotatable bonds is 11. The SMILES string of the molecule is CC[C@H](C(=O)N[C@@H](C)CC)N(Cc1ccc(F)cc1)C(=O)CN(c1cc(Cl)cc(Cl)c1)S(C)(=O)=O. The van der Waals surface area contributed by atoms with Crippen molar-refractivity contribution in [2.45, 2.75) is 52.2 Å². The van der Waals surface area contributed by atoms with Crippen LogP contribution in [0, 0.1) is 5.82 Å². The Kier molecular flexibility index (Phi) is 10.4. The lowest BCUT2D eigenvalue weighted by Gasteiger charge is -2.33. The molecule has 35 heavy (non-hydrogen) atoms. The molecule has 2 rings (SSSR count). The first-order valence-electron chi connectivity index (χ1n) is 11.1. The van der Waals surface area contributed by atoms with Crippen LogP contribution in [-0.2, 0) is 26.2 Å². The molecule has 2 amide bonds. The summed E-state index contributed by atoms with van der Waals surface area (Å²) in [7, 11) is -3.92. The number of halogens is 3. The van der Waals surface area contributed by atoms with Crippen molar-refractivity contribution in [3.63, 3.8) is 0 Å². The van der Waals surface area contributed by atoms with Crippen molar-refractivity contribution >= 4 is 50.7 Å². The average molecular weight is 546 g/mol. The molecule has 0 aliphatic carbocycles. The molecule has 2 aromatic rings. The van der Waals surface area contributed by atoms with Crippen LogP contribution in [0.3, 0.4) is 0 Å². The summed E-state index contributed by atoms with van der Waals surface area (Å²) in [5.74, 6) is -1.40. The van der Waals surface area contributed by atoms with Crippen molar-refractivity contribution < 1.29 is 22.4 Å². The molecule has 7 nitrogen and oxygen atoms in total. The van der Waals surface area contributed by atoms with Gasteiger partial charge in [0, 0.05) is 22.6 Å². The summed E-state index contributed by atoms with van der Waals surface area (Å²) in [6.07, 6.45) is 1.95. The number of hydrogen-bond acceptors (Lipinski definition) is 4. The number of nitrogens with one attached hydrogen (secondary N) is 1. The smallest absolute Gasteiger partial charge is 0.244 e. The molecule has 0 aromatic heterocycles. The van der Waals surface area contributed by atoms with Gasteiger partial charge < -0.3 is 10.2 Å². The molecular weight excluding hydrogens is 516 g/mol. The van der Waals surface area contributed by atoms with Gasteiger partial charge in [0.05, 0.1) is 11.9 Å². The molecule has 0 spiro atoms. The molecule has 2 atom stereocenters. The molecule has 0 fully saturated rings. The van der Waals surface area contributed by atoms with Gasteiger partial charge >= 0.3 is 0 Å². The maximum absolute atomic E-state index is 13.6. The summed E-state index contributed by atoms with van der Waals surface area (Å²) in [5.41, 5.74) is 0.712. The van der Waals surface area contributed by atoms with Gasteiger partial charge in [-0.1, -0.05) is 49.2 Å². The molecule has 0 unspecified atom stereocenters. The van der Waals surface area contributed by atoms with E-state index in [1.165, 1.54) is 47.4 Å². The molecule has 1 N–H and O–H groups in total. The maximum Gasteiger partial charge on any atom is 0.244 e. The molecule has 0 bridgehead atoms. The molecule has 0 saturated heterocycles. The molecular formula is C24H30Cl2FN3O4S. The van der Waals surface area contributed by atoms with Gasteiger partial charge in [-0.3, -0.25) is 13.9 Å². The van der Waals surface area contributed by atoms with Gasteiger partial charge in [-0.05, 0) is 55.7 Å². The van der Waals surface area contributed by atoms with E-state index in [-0.39, 0.29) is 40.6 Å². The lowest BCUT2D eigenvalue weighted by Crippen LogP contribution is -2.53. The standard InChI is InChI=1S/C24H30Cl2FN3O4S/c1-5-16(3)28-24(32)22(6-2)29(14-17-7-9-20(27)10-8-17)23(31)15-30(35(4,33)34)21-12-18(25)11-19(26)13-21/h7-13,16,22H,5-6,14-15H2,1-4H3,(H,28,32)/t16-,22+/m0/s1. The lowest BCUT2D eigenvalue weighted by molar-refractivity contribution is -0.140.